The minimum Gasteiger partial charge on any atom is -0.495 e. The van der Waals surface area contributed by atoms with Gasteiger partial charge >= 0.3 is 0 Å². The maximum Gasteiger partial charge on any atom is 0.271 e. The maximum absolute atomic E-state index is 12.0. The quantitative estimate of drug-likeness (QED) is 0.431. The summed E-state index contributed by atoms with van der Waals surface area (Å²) >= 11 is 0. The van der Waals surface area contributed by atoms with E-state index in [0.717, 1.165) is 6.07 Å². The fourth-order valence-electron chi connectivity index (χ4n) is 1.38. The largest absolute Gasteiger partial charge is 0.495 e. The Morgan fingerprint density at radius 1 is 1.45 bits per heavy atom. The topological polar surface area (TPSA) is 125 Å². The highest BCUT2D eigenvalue weighted by Gasteiger charge is 2.22. The fraction of sp³-hybridized carbons (Fsp3) is 0.400. The molecule has 0 fully saturated rings. The Morgan fingerprint density at radius 2 is 2.10 bits per heavy atom. The number of rotatable bonds is 7. The van der Waals surface area contributed by atoms with Crippen molar-refractivity contribution in [3.05, 3.63) is 28.3 Å². The summed E-state index contributed by atoms with van der Waals surface area (Å²) in [6.07, 6.45) is 0.469. The molecule has 0 aromatic heterocycles. The molecule has 114 valence electrons. The van der Waals surface area contributed by atoms with Gasteiger partial charge in [0.2, 0.25) is 10.0 Å². The van der Waals surface area contributed by atoms with Gasteiger partial charge < -0.3 is 10.5 Å². The van der Waals surface area contributed by atoms with Crippen LogP contribution in [0.1, 0.15) is 6.42 Å². The lowest BCUT2D eigenvalue weighted by Gasteiger charge is -2.10. The number of nitro groups is 1. The van der Waals surface area contributed by atoms with Crippen molar-refractivity contribution in [2.45, 2.75) is 11.3 Å². The minimum atomic E-state index is -3.87. The molecule has 0 saturated heterocycles. The van der Waals surface area contributed by atoms with Crippen LogP contribution in [0, 0.1) is 10.1 Å². The number of benzene rings is 1. The zero-order valence-corrected chi connectivity index (χ0v) is 12.4. The summed E-state index contributed by atoms with van der Waals surface area (Å²) in [5.74, 6) is 0.0471. The first-order valence-corrected chi connectivity index (χ1v) is 6.93. The third kappa shape index (κ3) is 4.60. The zero-order chi connectivity index (χ0) is 14.5. The third-order valence-electron chi connectivity index (χ3n) is 2.32. The summed E-state index contributed by atoms with van der Waals surface area (Å²) < 4.78 is 31.2. The minimum absolute atomic E-state index is 0. The van der Waals surface area contributed by atoms with E-state index in [0.29, 0.717) is 13.0 Å². The van der Waals surface area contributed by atoms with Gasteiger partial charge in [0.15, 0.2) is 0 Å². The molecule has 0 radical (unpaired) electrons. The molecule has 10 heteroatoms. The highest BCUT2D eigenvalue weighted by Crippen LogP contribution is 2.27. The van der Waals surface area contributed by atoms with E-state index in [1.165, 1.54) is 19.2 Å². The number of non-ortho nitro benzene ring substituents is 1. The number of hydrogen-bond acceptors (Lipinski definition) is 6. The molecule has 3 N–H and O–H groups in total. The van der Waals surface area contributed by atoms with Gasteiger partial charge in [-0.15, -0.1) is 12.4 Å². The summed E-state index contributed by atoms with van der Waals surface area (Å²) in [5.41, 5.74) is 4.95. The monoisotopic (exact) mass is 325 g/mol. The van der Waals surface area contributed by atoms with Crippen LogP contribution in [0.3, 0.4) is 0 Å². The number of sulfonamides is 1. The van der Waals surface area contributed by atoms with E-state index < -0.39 is 14.9 Å². The summed E-state index contributed by atoms with van der Waals surface area (Å²) in [4.78, 5) is 9.74. The van der Waals surface area contributed by atoms with Crippen LogP contribution in [0.2, 0.25) is 0 Å². The van der Waals surface area contributed by atoms with Crippen LogP contribution in [0.25, 0.3) is 0 Å². The average Bonchev–Trinajstić information content (AvgIpc) is 2.38. The van der Waals surface area contributed by atoms with Crippen LogP contribution >= 0.6 is 12.4 Å². The molecule has 0 heterocycles. The summed E-state index contributed by atoms with van der Waals surface area (Å²) in [6, 6.07) is 3.39. The van der Waals surface area contributed by atoms with E-state index in [-0.39, 0.29) is 35.3 Å². The first-order chi connectivity index (χ1) is 8.92. The lowest BCUT2D eigenvalue weighted by Crippen LogP contribution is -2.26. The highest BCUT2D eigenvalue weighted by atomic mass is 35.5. The number of nitro benzene ring substituents is 1. The van der Waals surface area contributed by atoms with Crippen LogP contribution in [0.5, 0.6) is 5.75 Å². The molecule has 1 aromatic rings. The lowest BCUT2D eigenvalue weighted by molar-refractivity contribution is -0.385. The second-order valence-corrected chi connectivity index (χ2v) is 5.37. The number of nitrogens with zero attached hydrogens (tertiary/aromatic N) is 1. The molecule has 0 aliphatic rings. The van der Waals surface area contributed by atoms with Crippen LogP contribution in [0.4, 0.5) is 5.69 Å². The van der Waals surface area contributed by atoms with Gasteiger partial charge in [-0.25, -0.2) is 13.1 Å². The Morgan fingerprint density at radius 3 is 2.60 bits per heavy atom. The predicted octanol–water partition coefficient (Wildman–Crippen LogP) is 0.652. The van der Waals surface area contributed by atoms with Crippen molar-refractivity contribution in [1.29, 1.82) is 0 Å². The van der Waals surface area contributed by atoms with Gasteiger partial charge in [0.25, 0.3) is 5.69 Å². The lowest BCUT2D eigenvalue weighted by atomic mass is 10.3. The second kappa shape index (κ2) is 8.00. The first kappa shape index (κ1) is 18.6. The molecule has 0 amide bonds. The first-order valence-electron chi connectivity index (χ1n) is 5.44. The number of methoxy groups -OCH3 is 1. The molecular weight excluding hydrogens is 310 g/mol. The van der Waals surface area contributed by atoms with E-state index in [2.05, 4.69) is 4.72 Å². The van der Waals surface area contributed by atoms with Crippen molar-refractivity contribution in [2.75, 3.05) is 20.2 Å². The van der Waals surface area contributed by atoms with Gasteiger partial charge in [0.1, 0.15) is 10.6 Å². The van der Waals surface area contributed by atoms with Crippen molar-refractivity contribution in [2.24, 2.45) is 5.73 Å². The molecule has 1 rings (SSSR count). The number of hydrogen-bond donors (Lipinski definition) is 2. The Hall–Kier alpha value is -1.42. The predicted molar refractivity (Wildman–Crippen MR) is 75.8 cm³/mol. The van der Waals surface area contributed by atoms with Crippen LogP contribution < -0.4 is 15.2 Å². The number of halogens is 1. The molecule has 0 unspecified atom stereocenters. The molecule has 20 heavy (non-hydrogen) atoms. The van der Waals surface area contributed by atoms with Crippen molar-refractivity contribution in [3.63, 3.8) is 0 Å². The number of nitrogens with one attached hydrogen (secondary N) is 1. The normalized spacial score (nSPS) is 10.7. The van der Waals surface area contributed by atoms with E-state index >= 15 is 0 Å². The molecule has 8 nitrogen and oxygen atoms in total. The van der Waals surface area contributed by atoms with Gasteiger partial charge in [-0.05, 0) is 19.0 Å². The van der Waals surface area contributed by atoms with Gasteiger partial charge in [-0.3, -0.25) is 10.1 Å². The summed E-state index contributed by atoms with van der Waals surface area (Å²) in [5, 5.41) is 10.7. The molecule has 0 bridgehead atoms. The van der Waals surface area contributed by atoms with E-state index in [4.69, 9.17) is 10.5 Å². The third-order valence-corrected chi connectivity index (χ3v) is 3.80. The Labute approximate surface area is 122 Å². The summed E-state index contributed by atoms with van der Waals surface area (Å²) in [7, 11) is -2.57. The molecule has 0 aliphatic carbocycles. The Balaban J connectivity index is 0.00000361. The van der Waals surface area contributed by atoms with Crippen LogP contribution in [0.15, 0.2) is 23.1 Å². The smallest absolute Gasteiger partial charge is 0.271 e. The van der Waals surface area contributed by atoms with Crippen molar-refractivity contribution in [3.8, 4) is 5.75 Å². The van der Waals surface area contributed by atoms with Gasteiger partial charge in [0.05, 0.1) is 12.0 Å². The van der Waals surface area contributed by atoms with Gasteiger partial charge in [-0.2, -0.15) is 0 Å². The Kier molecular flexibility index (Phi) is 7.43. The van der Waals surface area contributed by atoms with E-state index in [1.54, 1.807) is 0 Å². The second-order valence-electron chi connectivity index (χ2n) is 3.63. The average molecular weight is 326 g/mol. The molecular formula is C10H16ClN3O5S. The molecule has 0 saturated carbocycles. The Bertz CT molecular complexity index is 564. The standard InChI is InChI=1S/C10H15N3O5S.ClH/c1-18-9-4-3-8(13(14)15)7-10(9)19(16,17)12-6-2-5-11;/h3-4,7,12H,2,5-6,11H2,1H3;1H. The molecule has 0 spiro atoms. The summed E-state index contributed by atoms with van der Waals surface area (Å²) in [6.45, 7) is 0.499. The van der Waals surface area contributed by atoms with Crippen molar-refractivity contribution >= 4 is 28.1 Å². The van der Waals surface area contributed by atoms with Crippen molar-refractivity contribution < 1.29 is 18.1 Å². The molecule has 0 aliphatic heterocycles. The number of nitrogens with two attached hydrogens (primary N) is 1. The number of ether oxygens (including phenoxy) is 1. The van der Waals surface area contributed by atoms with E-state index in [9.17, 15) is 18.5 Å². The molecule has 1 aromatic carbocycles. The SMILES string of the molecule is COc1ccc([N+](=O)[O-])cc1S(=O)(=O)NCCCN.Cl. The van der Waals surface area contributed by atoms with E-state index in [1.807, 2.05) is 0 Å². The highest BCUT2D eigenvalue weighted by molar-refractivity contribution is 7.89. The molecule has 0 atom stereocenters. The van der Waals surface area contributed by atoms with Gasteiger partial charge in [0, 0.05) is 18.7 Å². The van der Waals surface area contributed by atoms with Crippen LogP contribution in [-0.2, 0) is 10.0 Å². The van der Waals surface area contributed by atoms with Crippen LogP contribution in [-0.4, -0.2) is 33.5 Å². The fourth-order valence-corrected chi connectivity index (χ4v) is 2.64. The maximum atomic E-state index is 12.0. The van der Waals surface area contributed by atoms with Gasteiger partial charge in [-0.1, -0.05) is 0 Å². The zero-order valence-electron chi connectivity index (χ0n) is 10.7. The van der Waals surface area contributed by atoms with Crippen molar-refractivity contribution in [1.82, 2.24) is 4.72 Å².